The Morgan fingerprint density at radius 3 is 2.36 bits per heavy atom. The predicted octanol–water partition coefficient (Wildman–Crippen LogP) is 6.84. The Morgan fingerprint density at radius 1 is 1.21 bits per heavy atom. The molecule has 0 amide bonds. The van der Waals surface area contributed by atoms with Gasteiger partial charge in [0.2, 0.25) is 0 Å². The van der Waals surface area contributed by atoms with Gasteiger partial charge in [0.1, 0.15) is 5.82 Å². The number of hydrogen-bond acceptors (Lipinski definition) is 3. The summed E-state index contributed by atoms with van der Waals surface area (Å²) in [4.78, 5) is 8.64. The van der Waals surface area contributed by atoms with Crippen LogP contribution < -0.4 is 5.73 Å². The zero-order chi connectivity index (χ0) is 20.7. The molecule has 1 aliphatic rings. The van der Waals surface area contributed by atoms with Crippen LogP contribution in [0.4, 0.5) is 0 Å². The number of hydrogen-bond donors (Lipinski definition) is 1. The van der Waals surface area contributed by atoms with Gasteiger partial charge in [0.15, 0.2) is 0 Å². The molecule has 0 aromatic heterocycles. The van der Waals surface area contributed by atoms with Crippen LogP contribution in [0.3, 0.4) is 0 Å². The van der Waals surface area contributed by atoms with Gasteiger partial charge in [-0.05, 0) is 23.9 Å². The molecule has 1 atom stereocenters. The van der Waals surface area contributed by atoms with Gasteiger partial charge in [-0.2, -0.15) is 0 Å². The van der Waals surface area contributed by atoms with Crippen molar-refractivity contribution in [3.63, 3.8) is 0 Å². The number of unbranched alkanes of at least 4 members (excludes halogenated alkanes) is 1. The average molecular weight is 629 g/mol. The molecule has 0 unspecified atom stereocenters. The van der Waals surface area contributed by atoms with Gasteiger partial charge in [-0.1, -0.05) is 66.7 Å². The Morgan fingerprint density at radius 2 is 1.86 bits per heavy atom. The minimum absolute atomic E-state index is 0. The van der Waals surface area contributed by atoms with Crippen LogP contribution in [-0.2, 0) is 0 Å². The zero-order valence-electron chi connectivity index (χ0n) is 18.5. The van der Waals surface area contributed by atoms with Crippen LogP contribution in [0.5, 0.6) is 0 Å². The number of benzene rings is 1. The number of nitrogens with two attached hydrogens (primary N) is 1. The van der Waals surface area contributed by atoms with Crippen molar-refractivity contribution in [1.82, 2.24) is 0 Å². The third kappa shape index (κ3) is 13.6. The van der Waals surface area contributed by atoms with Crippen LogP contribution >= 0.6 is 11.6 Å². The summed E-state index contributed by atoms with van der Waals surface area (Å²) in [6, 6.07) is 8.48. The van der Waals surface area contributed by atoms with Crippen molar-refractivity contribution in [2.24, 2.45) is 21.6 Å². The van der Waals surface area contributed by atoms with E-state index in [4.69, 9.17) is 17.3 Å². The fourth-order valence-electron chi connectivity index (χ4n) is 2.23. The minimum atomic E-state index is 0. The normalized spacial score (nSPS) is 13.8. The number of halogens is 1. The molecule has 28 heavy (non-hydrogen) atoms. The summed E-state index contributed by atoms with van der Waals surface area (Å²) >= 11 is 5.81. The largest absolute Gasteiger partial charge is 0.384 e. The third-order valence-corrected chi connectivity index (χ3v) is 4.20. The third-order valence-electron chi connectivity index (χ3n) is 3.97. The summed E-state index contributed by atoms with van der Waals surface area (Å²) in [5, 5.41) is 0.658. The number of rotatable bonds is 5. The standard InChI is InChI=1S/C12H11ClN3.C8H18.C3H8.U/c1-8-12(15-7-6-11(14)16-8)9-2-4-10(13)5-3-9;1-4-6-7-8(3)5-2;1-3-2;/h2,4-6H,7,14H2,1H3;8H,4-7H2,1-3H3;3H2,1-2H3;/q-1;;;/t;8-;;/m.1../s1. The molecule has 2 rings (SSSR count). The van der Waals surface area contributed by atoms with E-state index in [1.54, 1.807) is 12.1 Å². The molecule has 0 radical (unpaired) electrons. The van der Waals surface area contributed by atoms with E-state index in [0.29, 0.717) is 17.4 Å². The summed E-state index contributed by atoms with van der Waals surface area (Å²) in [5.41, 5.74) is 8.15. The molecule has 1 aromatic rings. The first kappa shape index (κ1) is 29.6. The molecular formula is C23H37ClN3U-. The molecule has 5 heteroatoms. The van der Waals surface area contributed by atoms with Crippen molar-refractivity contribution in [2.45, 2.75) is 73.6 Å². The molecule has 0 saturated heterocycles. The van der Waals surface area contributed by atoms with Gasteiger partial charge < -0.3 is 10.7 Å². The van der Waals surface area contributed by atoms with E-state index in [-0.39, 0.29) is 31.1 Å². The Kier molecular flexibility index (Phi) is 19.6. The van der Waals surface area contributed by atoms with E-state index in [2.05, 4.69) is 50.7 Å². The SMILES string of the molecule is CC1=NC(N)=CCN=C1c1[c-]cc(Cl)cc1.CCC.CCCC[C@H](C)CC.[U]. The maximum atomic E-state index is 5.81. The van der Waals surface area contributed by atoms with Crippen LogP contribution in [0.25, 0.3) is 0 Å². The molecule has 0 bridgehead atoms. The van der Waals surface area contributed by atoms with Crippen molar-refractivity contribution in [1.29, 1.82) is 0 Å². The van der Waals surface area contributed by atoms with Crippen molar-refractivity contribution < 1.29 is 31.1 Å². The fourth-order valence-corrected chi connectivity index (χ4v) is 2.34. The van der Waals surface area contributed by atoms with Crippen molar-refractivity contribution in [2.75, 3.05) is 6.54 Å². The van der Waals surface area contributed by atoms with Crippen LogP contribution in [-0.4, -0.2) is 18.0 Å². The van der Waals surface area contributed by atoms with Crippen LogP contribution in [0, 0.1) is 43.1 Å². The molecule has 0 saturated carbocycles. The van der Waals surface area contributed by atoms with E-state index in [0.717, 1.165) is 22.9 Å². The summed E-state index contributed by atoms with van der Waals surface area (Å²) in [5.74, 6) is 1.46. The summed E-state index contributed by atoms with van der Waals surface area (Å²) < 4.78 is 0. The first-order chi connectivity index (χ1) is 12.9. The Bertz CT molecular complexity index is 607. The van der Waals surface area contributed by atoms with Crippen molar-refractivity contribution in [3.8, 4) is 0 Å². The molecule has 1 aliphatic heterocycles. The topological polar surface area (TPSA) is 50.7 Å². The summed E-state index contributed by atoms with van der Waals surface area (Å²) in [6.45, 7) is 13.5. The van der Waals surface area contributed by atoms with E-state index in [9.17, 15) is 0 Å². The van der Waals surface area contributed by atoms with E-state index >= 15 is 0 Å². The first-order valence-electron chi connectivity index (χ1n) is 10.1. The maximum Gasteiger partial charge on any atom is 0.120 e. The fraction of sp³-hybridized carbons (Fsp3) is 0.565. The Hall–Kier alpha value is -0.558. The molecule has 2 N–H and O–H groups in total. The first-order valence-corrected chi connectivity index (χ1v) is 10.5. The van der Waals surface area contributed by atoms with Crippen LogP contribution in [0.1, 0.15) is 79.2 Å². The number of nitrogens with zero attached hydrogens (tertiary/aromatic N) is 2. The summed E-state index contributed by atoms with van der Waals surface area (Å²) in [7, 11) is 0. The zero-order valence-corrected chi connectivity index (χ0v) is 23.4. The molecule has 3 nitrogen and oxygen atoms in total. The van der Waals surface area contributed by atoms with Gasteiger partial charge in [-0.25, -0.2) is 4.99 Å². The summed E-state index contributed by atoms with van der Waals surface area (Å²) in [6.07, 6.45) is 8.57. The van der Waals surface area contributed by atoms with Gasteiger partial charge in [-0.15, -0.1) is 41.4 Å². The van der Waals surface area contributed by atoms with Crippen LogP contribution in [0.2, 0.25) is 5.02 Å². The predicted molar refractivity (Wildman–Crippen MR) is 122 cm³/mol. The molecule has 0 fully saturated rings. The van der Waals surface area contributed by atoms with Crippen molar-refractivity contribution >= 4 is 23.0 Å². The van der Waals surface area contributed by atoms with E-state index in [1.807, 2.05) is 19.1 Å². The van der Waals surface area contributed by atoms with Gasteiger partial charge in [-0.3, -0.25) is 0 Å². The molecular weight excluding hydrogens is 592 g/mol. The van der Waals surface area contributed by atoms with Gasteiger partial charge in [0.25, 0.3) is 0 Å². The number of aliphatic imine (C=N–C) groups is 2. The van der Waals surface area contributed by atoms with Gasteiger partial charge >= 0.3 is 0 Å². The molecule has 156 valence electrons. The molecule has 0 aliphatic carbocycles. The quantitative estimate of drug-likeness (QED) is 0.357. The molecule has 1 heterocycles. The van der Waals surface area contributed by atoms with Crippen molar-refractivity contribution in [3.05, 3.63) is 46.7 Å². The second-order valence-corrected chi connectivity index (χ2v) is 7.24. The van der Waals surface area contributed by atoms with E-state index in [1.165, 1.54) is 32.1 Å². The second-order valence-electron chi connectivity index (χ2n) is 6.80. The Balaban J connectivity index is 0. The molecule has 0 spiro atoms. The smallest absolute Gasteiger partial charge is 0.120 e. The van der Waals surface area contributed by atoms with Crippen LogP contribution in [0.15, 0.2) is 40.1 Å². The van der Waals surface area contributed by atoms with Gasteiger partial charge in [0.05, 0.1) is 6.54 Å². The monoisotopic (exact) mass is 628 g/mol. The second kappa shape index (κ2) is 18.5. The minimum Gasteiger partial charge on any atom is -0.384 e. The maximum absolute atomic E-state index is 5.81. The molecule has 1 aromatic carbocycles. The van der Waals surface area contributed by atoms with Gasteiger partial charge in [0, 0.05) is 42.5 Å². The van der Waals surface area contributed by atoms with E-state index < -0.39 is 0 Å². The average Bonchev–Trinajstić information content (AvgIpc) is 2.81. The Labute approximate surface area is 201 Å².